The summed E-state index contributed by atoms with van der Waals surface area (Å²) in [6, 6.07) is 5.70. The first-order valence-corrected chi connectivity index (χ1v) is 9.39. The molecule has 27 heavy (non-hydrogen) atoms. The number of likely N-dealkylation sites (N-methyl/N-ethyl adjacent to an activating group) is 1. The van der Waals surface area contributed by atoms with Crippen molar-refractivity contribution in [1.82, 2.24) is 19.9 Å². The van der Waals surface area contributed by atoms with Gasteiger partial charge in [-0.25, -0.2) is 9.97 Å². The lowest BCUT2D eigenvalue weighted by molar-refractivity contribution is -0.129. The first kappa shape index (κ1) is 19.2. The van der Waals surface area contributed by atoms with Gasteiger partial charge in [-0.15, -0.1) is 0 Å². The number of hydrogen-bond acceptors (Lipinski definition) is 6. The summed E-state index contributed by atoms with van der Waals surface area (Å²) in [6.45, 7) is 8.27. The van der Waals surface area contributed by atoms with Crippen LogP contribution in [-0.2, 0) is 22.5 Å². The Morgan fingerprint density at radius 2 is 2.19 bits per heavy atom. The van der Waals surface area contributed by atoms with Crippen LogP contribution in [0.5, 0.6) is 0 Å². The Morgan fingerprint density at radius 3 is 2.85 bits per heavy atom. The van der Waals surface area contributed by atoms with Crippen molar-refractivity contribution in [1.29, 1.82) is 0 Å². The maximum absolute atomic E-state index is 11.8. The molecule has 0 saturated carbocycles. The zero-order chi connectivity index (χ0) is 19.4. The quantitative estimate of drug-likeness (QED) is 0.778. The van der Waals surface area contributed by atoms with Gasteiger partial charge in [0.25, 0.3) is 0 Å². The first-order chi connectivity index (χ1) is 13.0. The number of carbonyl (C=O) groups excluding carboxylic acids is 1. The fraction of sp³-hybridized carbons (Fsp3) is 0.500. The smallest absolute Gasteiger partial charge is 0.219 e. The van der Waals surface area contributed by atoms with Gasteiger partial charge in [-0.2, -0.15) is 0 Å². The average Bonchev–Trinajstić information content (AvgIpc) is 2.67. The molecule has 0 spiro atoms. The van der Waals surface area contributed by atoms with Crippen molar-refractivity contribution in [2.75, 3.05) is 31.6 Å². The van der Waals surface area contributed by atoms with Crippen molar-refractivity contribution in [3.8, 4) is 11.5 Å². The molecule has 7 nitrogen and oxygen atoms in total. The lowest BCUT2D eigenvalue weighted by atomic mass is 10.0. The zero-order valence-corrected chi connectivity index (χ0v) is 16.5. The molecule has 1 aliphatic heterocycles. The third-order valence-electron chi connectivity index (χ3n) is 4.73. The van der Waals surface area contributed by atoms with E-state index in [0.29, 0.717) is 25.5 Å². The fourth-order valence-corrected chi connectivity index (χ4v) is 3.41. The van der Waals surface area contributed by atoms with Gasteiger partial charge >= 0.3 is 0 Å². The third-order valence-corrected chi connectivity index (χ3v) is 4.73. The molecule has 7 heteroatoms. The summed E-state index contributed by atoms with van der Waals surface area (Å²) >= 11 is 0. The zero-order valence-electron chi connectivity index (χ0n) is 16.5. The summed E-state index contributed by atoms with van der Waals surface area (Å²) in [4.78, 5) is 29.8. The molecule has 0 aliphatic carbocycles. The molecule has 1 aliphatic rings. The molecule has 0 N–H and O–H groups in total. The summed E-state index contributed by atoms with van der Waals surface area (Å²) < 4.78 is 5.69. The minimum Gasteiger partial charge on any atom is -0.377 e. The molecule has 2 aromatic heterocycles. The lowest BCUT2D eigenvalue weighted by Crippen LogP contribution is -2.37. The fourth-order valence-electron chi connectivity index (χ4n) is 3.41. The van der Waals surface area contributed by atoms with Gasteiger partial charge < -0.3 is 14.5 Å². The number of fused-ring (bicyclic) bond motifs is 1. The van der Waals surface area contributed by atoms with Crippen molar-refractivity contribution in [3.63, 3.8) is 0 Å². The van der Waals surface area contributed by atoms with E-state index in [1.807, 2.05) is 37.1 Å². The van der Waals surface area contributed by atoms with Crippen LogP contribution in [0.4, 0.5) is 5.82 Å². The molecule has 0 unspecified atom stereocenters. The third kappa shape index (κ3) is 4.42. The second-order valence-corrected chi connectivity index (χ2v) is 6.85. The van der Waals surface area contributed by atoms with E-state index in [2.05, 4.69) is 16.8 Å². The van der Waals surface area contributed by atoms with Crippen molar-refractivity contribution in [2.45, 2.75) is 39.8 Å². The molecule has 1 atom stereocenters. The van der Waals surface area contributed by atoms with Crippen LogP contribution in [0.1, 0.15) is 32.0 Å². The lowest BCUT2D eigenvalue weighted by Gasteiger charge is -2.31. The predicted octanol–water partition coefficient (Wildman–Crippen LogP) is 2.30. The van der Waals surface area contributed by atoms with Crippen LogP contribution in [0, 0.1) is 0 Å². The Kier molecular flexibility index (Phi) is 6.01. The Balaban J connectivity index is 2.00. The molecule has 2 aromatic rings. The summed E-state index contributed by atoms with van der Waals surface area (Å²) in [5, 5.41) is 0. The standard InChI is InChI=1S/C20H27N5O2/c1-5-27-14(2)12-24(4)20-16-9-11-25(15(3)26)13-18(16)22-19(23-20)17-8-6-7-10-21-17/h6-8,10,14H,5,9,11-13H2,1-4H3/t14-/m0/s1. The van der Waals surface area contributed by atoms with Crippen LogP contribution in [-0.4, -0.2) is 58.6 Å². The van der Waals surface area contributed by atoms with Crippen LogP contribution in [0.25, 0.3) is 11.5 Å². The molecule has 0 radical (unpaired) electrons. The minimum atomic E-state index is 0.0681. The summed E-state index contributed by atoms with van der Waals surface area (Å²) in [5.41, 5.74) is 2.74. The van der Waals surface area contributed by atoms with Gasteiger partial charge in [0.1, 0.15) is 11.5 Å². The number of hydrogen-bond donors (Lipinski definition) is 0. The van der Waals surface area contributed by atoms with E-state index in [1.54, 1.807) is 13.1 Å². The van der Waals surface area contributed by atoms with Gasteiger partial charge in [-0.1, -0.05) is 6.07 Å². The van der Waals surface area contributed by atoms with Crippen molar-refractivity contribution < 1.29 is 9.53 Å². The normalized spacial score (nSPS) is 14.6. The molecule has 0 bridgehead atoms. The molecule has 3 rings (SSSR count). The van der Waals surface area contributed by atoms with E-state index < -0.39 is 0 Å². The second kappa shape index (κ2) is 8.43. The maximum atomic E-state index is 11.8. The Hall–Kier alpha value is -2.54. The van der Waals surface area contributed by atoms with Crippen molar-refractivity contribution in [2.24, 2.45) is 0 Å². The highest BCUT2D eigenvalue weighted by atomic mass is 16.5. The molecular formula is C20H27N5O2. The molecule has 0 fully saturated rings. The minimum absolute atomic E-state index is 0.0681. The molecule has 144 valence electrons. The van der Waals surface area contributed by atoms with E-state index in [4.69, 9.17) is 14.7 Å². The number of carbonyl (C=O) groups is 1. The van der Waals surface area contributed by atoms with Gasteiger partial charge in [0.2, 0.25) is 5.91 Å². The number of pyridine rings is 1. The van der Waals surface area contributed by atoms with E-state index in [0.717, 1.165) is 35.7 Å². The van der Waals surface area contributed by atoms with Gasteiger partial charge in [0.05, 0.1) is 18.3 Å². The van der Waals surface area contributed by atoms with Crippen LogP contribution in [0.2, 0.25) is 0 Å². The maximum Gasteiger partial charge on any atom is 0.219 e. The number of ether oxygens (including phenoxy) is 1. The van der Waals surface area contributed by atoms with Crippen LogP contribution >= 0.6 is 0 Å². The van der Waals surface area contributed by atoms with Crippen molar-refractivity contribution >= 4 is 11.7 Å². The molecule has 3 heterocycles. The first-order valence-electron chi connectivity index (χ1n) is 9.39. The predicted molar refractivity (Wildman–Crippen MR) is 104 cm³/mol. The second-order valence-electron chi connectivity index (χ2n) is 6.85. The molecule has 0 aromatic carbocycles. The van der Waals surface area contributed by atoms with E-state index in [1.165, 1.54) is 0 Å². The highest BCUT2D eigenvalue weighted by Crippen LogP contribution is 2.28. The number of nitrogens with zero attached hydrogens (tertiary/aromatic N) is 5. The molecular weight excluding hydrogens is 342 g/mol. The molecule has 0 saturated heterocycles. The average molecular weight is 369 g/mol. The summed E-state index contributed by atoms with van der Waals surface area (Å²) in [5.74, 6) is 1.56. The van der Waals surface area contributed by atoms with Crippen LogP contribution in [0.15, 0.2) is 24.4 Å². The van der Waals surface area contributed by atoms with E-state index in [-0.39, 0.29) is 12.0 Å². The number of rotatable bonds is 6. The summed E-state index contributed by atoms with van der Waals surface area (Å²) in [7, 11) is 2.03. The van der Waals surface area contributed by atoms with Crippen LogP contribution < -0.4 is 4.90 Å². The number of amides is 1. The van der Waals surface area contributed by atoms with E-state index >= 15 is 0 Å². The molecule has 1 amide bonds. The van der Waals surface area contributed by atoms with Gasteiger partial charge in [0, 0.05) is 45.4 Å². The summed E-state index contributed by atoms with van der Waals surface area (Å²) in [6.07, 6.45) is 2.59. The SMILES string of the molecule is CCO[C@@H](C)CN(C)c1nc(-c2ccccn2)nc2c1CCN(C(C)=O)C2. The topological polar surface area (TPSA) is 71.5 Å². The van der Waals surface area contributed by atoms with Gasteiger partial charge in [-0.05, 0) is 32.4 Å². The van der Waals surface area contributed by atoms with E-state index in [9.17, 15) is 4.79 Å². The Morgan fingerprint density at radius 1 is 1.37 bits per heavy atom. The number of aromatic nitrogens is 3. The monoisotopic (exact) mass is 369 g/mol. The highest BCUT2D eigenvalue weighted by Gasteiger charge is 2.26. The highest BCUT2D eigenvalue weighted by molar-refractivity contribution is 5.74. The van der Waals surface area contributed by atoms with Crippen molar-refractivity contribution in [3.05, 3.63) is 35.7 Å². The Bertz CT molecular complexity index is 796. The number of anilines is 1. The largest absolute Gasteiger partial charge is 0.377 e. The Labute approximate surface area is 160 Å². The van der Waals surface area contributed by atoms with Gasteiger partial charge in [-0.3, -0.25) is 9.78 Å². The van der Waals surface area contributed by atoms with Crippen LogP contribution in [0.3, 0.4) is 0 Å². The van der Waals surface area contributed by atoms with Gasteiger partial charge in [0.15, 0.2) is 5.82 Å².